The zero-order chi connectivity index (χ0) is 18.6. The third kappa shape index (κ3) is 3.59. The highest BCUT2D eigenvalue weighted by molar-refractivity contribution is 5.95. The second kappa shape index (κ2) is 7.67. The number of hydrogen-bond acceptors (Lipinski definition) is 2. The first kappa shape index (κ1) is 17.3. The summed E-state index contributed by atoms with van der Waals surface area (Å²) >= 11 is 0. The van der Waals surface area contributed by atoms with E-state index in [2.05, 4.69) is 41.7 Å². The quantitative estimate of drug-likeness (QED) is 0.718. The number of nitrogens with one attached hydrogen (secondary N) is 1. The summed E-state index contributed by atoms with van der Waals surface area (Å²) in [6, 6.07) is 24.6. The van der Waals surface area contributed by atoms with Gasteiger partial charge in [-0.3, -0.25) is 4.79 Å². The Bertz CT molecular complexity index is 947. The van der Waals surface area contributed by atoms with Crippen LogP contribution in [-0.2, 0) is 13.0 Å². The fraction of sp³-hybridized carbons (Fsp3) is 0.208. The molecular weight excluding hydrogens is 334 g/mol. The van der Waals surface area contributed by atoms with Gasteiger partial charge in [-0.25, -0.2) is 0 Å². The minimum atomic E-state index is -0.0931. The maximum Gasteiger partial charge on any atom is 0.251 e. The van der Waals surface area contributed by atoms with Gasteiger partial charge in [0.1, 0.15) is 12.4 Å². The van der Waals surface area contributed by atoms with Crippen molar-refractivity contribution in [2.45, 2.75) is 25.4 Å². The van der Waals surface area contributed by atoms with Crippen LogP contribution in [0.2, 0.25) is 0 Å². The van der Waals surface area contributed by atoms with Crippen molar-refractivity contribution in [2.75, 3.05) is 7.05 Å². The zero-order valence-electron chi connectivity index (χ0n) is 15.4. The van der Waals surface area contributed by atoms with Gasteiger partial charge < -0.3 is 10.1 Å². The number of amides is 1. The van der Waals surface area contributed by atoms with Gasteiger partial charge in [0.15, 0.2) is 0 Å². The van der Waals surface area contributed by atoms with Crippen LogP contribution in [0.1, 0.15) is 45.0 Å². The number of ether oxygens (including phenoxy) is 1. The van der Waals surface area contributed by atoms with E-state index in [-0.39, 0.29) is 5.91 Å². The highest BCUT2D eigenvalue weighted by atomic mass is 16.5. The number of carbonyl (C=O) groups is 1. The molecule has 4 rings (SSSR count). The van der Waals surface area contributed by atoms with Gasteiger partial charge in [-0.2, -0.15) is 0 Å². The average Bonchev–Trinajstić information content (AvgIpc) is 3.16. The Balaban J connectivity index is 1.46. The van der Waals surface area contributed by atoms with E-state index in [0.717, 1.165) is 17.7 Å². The summed E-state index contributed by atoms with van der Waals surface area (Å²) in [5.74, 6) is 1.20. The van der Waals surface area contributed by atoms with Crippen LogP contribution in [0.15, 0.2) is 72.8 Å². The molecule has 0 spiro atoms. The minimum Gasteiger partial charge on any atom is -0.489 e. The van der Waals surface area contributed by atoms with Crippen molar-refractivity contribution in [3.63, 3.8) is 0 Å². The standard InChI is InChI=1S/C24H23NO2/c1-25-24(26)23-9-5-3-7-19(23)16-27-20-13-10-18(11-14-20)22-15-12-17-6-2-4-8-21(17)22/h2-11,13-14,22H,12,15-16H2,1H3,(H,25,26). The molecule has 0 radical (unpaired) electrons. The van der Waals surface area contributed by atoms with Gasteiger partial charge in [0.2, 0.25) is 0 Å². The molecule has 1 N–H and O–H groups in total. The molecule has 0 saturated carbocycles. The first-order valence-electron chi connectivity index (χ1n) is 9.37. The number of aryl methyl sites for hydroxylation is 1. The predicted octanol–water partition coefficient (Wildman–Crippen LogP) is 4.70. The number of carbonyl (C=O) groups excluding carboxylic acids is 1. The third-order valence-electron chi connectivity index (χ3n) is 5.30. The molecule has 1 amide bonds. The highest BCUT2D eigenvalue weighted by Crippen LogP contribution is 2.38. The molecule has 3 aromatic rings. The van der Waals surface area contributed by atoms with E-state index < -0.39 is 0 Å². The molecule has 0 heterocycles. The third-order valence-corrected chi connectivity index (χ3v) is 5.30. The van der Waals surface area contributed by atoms with E-state index in [9.17, 15) is 4.79 Å². The van der Waals surface area contributed by atoms with Crippen molar-refractivity contribution < 1.29 is 9.53 Å². The summed E-state index contributed by atoms with van der Waals surface area (Å²) in [7, 11) is 1.64. The SMILES string of the molecule is CNC(=O)c1ccccc1COc1ccc(C2CCc3ccccc32)cc1. The smallest absolute Gasteiger partial charge is 0.251 e. The Hall–Kier alpha value is -3.07. The molecule has 27 heavy (non-hydrogen) atoms. The summed E-state index contributed by atoms with van der Waals surface area (Å²) in [5, 5.41) is 2.67. The lowest BCUT2D eigenvalue weighted by Crippen LogP contribution is -2.20. The van der Waals surface area contributed by atoms with E-state index in [1.807, 2.05) is 36.4 Å². The van der Waals surface area contributed by atoms with Crippen molar-refractivity contribution in [1.29, 1.82) is 0 Å². The Kier molecular flexibility index (Phi) is 4.93. The Morgan fingerprint density at radius 3 is 2.56 bits per heavy atom. The van der Waals surface area contributed by atoms with Crippen molar-refractivity contribution >= 4 is 5.91 Å². The molecule has 3 heteroatoms. The summed E-state index contributed by atoms with van der Waals surface area (Å²) < 4.78 is 5.93. The van der Waals surface area contributed by atoms with Crippen molar-refractivity contribution in [3.8, 4) is 5.75 Å². The largest absolute Gasteiger partial charge is 0.489 e. The monoisotopic (exact) mass is 357 g/mol. The first-order chi connectivity index (χ1) is 13.3. The predicted molar refractivity (Wildman–Crippen MR) is 107 cm³/mol. The number of rotatable bonds is 5. The summed E-state index contributed by atoms with van der Waals surface area (Å²) in [5.41, 5.74) is 5.78. The van der Waals surface area contributed by atoms with Crippen LogP contribution in [0.5, 0.6) is 5.75 Å². The lowest BCUT2D eigenvalue weighted by atomic mass is 9.93. The van der Waals surface area contributed by atoms with Crippen molar-refractivity contribution in [2.24, 2.45) is 0 Å². The fourth-order valence-electron chi connectivity index (χ4n) is 3.86. The second-order valence-corrected chi connectivity index (χ2v) is 6.88. The van der Waals surface area contributed by atoms with Gasteiger partial charge in [0.05, 0.1) is 0 Å². The zero-order valence-corrected chi connectivity index (χ0v) is 15.4. The van der Waals surface area contributed by atoms with Gasteiger partial charge in [-0.05, 0) is 47.7 Å². The molecule has 0 fully saturated rings. The highest BCUT2D eigenvalue weighted by Gasteiger charge is 2.23. The van der Waals surface area contributed by atoms with Crippen LogP contribution in [0.3, 0.4) is 0 Å². The number of hydrogen-bond donors (Lipinski definition) is 1. The topological polar surface area (TPSA) is 38.3 Å². The van der Waals surface area contributed by atoms with Crippen LogP contribution < -0.4 is 10.1 Å². The van der Waals surface area contributed by atoms with Crippen molar-refractivity contribution in [3.05, 3.63) is 101 Å². The lowest BCUT2D eigenvalue weighted by molar-refractivity contribution is 0.0960. The summed E-state index contributed by atoms with van der Waals surface area (Å²) in [6.07, 6.45) is 2.31. The molecule has 0 aliphatic heterocycles. The molecule has 1 aliphatic rings. The molecule has 0 bridgehead atoms. The Morgan fingerprint density at radius 1 is 1.00 bits per heavy atom. The van der Waals surface area contributed by atoms with Crippen LogP contribution in [0.25, 0.3) is 0 Å². The maximum atomic E-state index is 12.0. The first-order valence-corrected chi connectivity index (χ1v) is 9.37. The molecule has 136 valence electrons. The average molecular weight is 357 g/mol. The Labute approximate surface area is 160 Å². The number of fused-ring (bicyclic) bond motifs is 1. The fourth-order valence-corrected chi connectivity index (χ4v) is 3.86. The summed E-state index contributed by atoms with van der Waals surface area (Å²) in [6.45, 7) is 0.370. The van der Waals surface area contributed by atoms with Gasteiger partial charge >= 0.3 is 0 Å². The van der Waals surface area contributed by atoms with Crippen LogP contribution in [0, 0.1) is 0 Å². The van der Waals surface area contributed by atoms with E-state index >= 15 is 0 Å². The second-order valence-electron chi connectivity index (χ2n) is 6.88. The molecule has 3 nitrogen and oxygen atoms in total. The normalized spacial score (nSPS) is 15.2. The minimum absolute atomic E-state index is 0.0931. The number of benzene rings is 3. The molecule has 1 aliphatic carbocycles. The van der Waals surface area contributed by atoms with E-state index in [1.54, 1.807) is 7.05 Å². The Morgan fingerprint density at radius 2 is 1.74 bits per heavy atom. The summed E-state index contributed by atoms with van der Waals surface area (Å²) in [4.78, 5) is 12.0. The van der Waals surface area contributed by atoms with Gasteiger partial charge in [0.25, 0.3) is 5.91 Å². The van der Waals surface area contributed by atoms with Gasteiger partial charge in [0, 0.05) is 24.1 Å². The molecule has 0 aromatic heterocycles. The van der Waals surface area contributed by atoms with Crippen LogP contribution in [0.4, 0.5) is 0 Å². The molecule has 1 unspecified atom stereocenters. The maximum absolute atomic E-state index is 12.0. The molecule has 0 saturated heterocycles. The van der Waals surface area contributed by atoms with E-state index in [4.69, 9.17) is 4.74 Å². The molecular formula is C24H23NO2. The van der Waals surface area contributed by atoms with Crippen LogP contribution in [-0.4, -0.2) is 13.0 Å². The van der Waals surface area contributed by atoms with Gasteiger partial charge in [-0.1, -0.05) is 54.6 Å². The van der Waals surface area contributed by atoms with Gasteiger partial charge in [-0.15, -0.1) is 0 Å². The molecule has 1 atom stereocenters. The van der Waals surface area contributed by atoms with Crippen molar-refractivity contribution in [1.82, 2.24) is 5.32 Å². The molecule has 3 aromatic carbocycles. The van der Waals surface area contributed by atoms with Crippen LogP contribution >= 0.6 is 0 Å². The van der Waals surface area contributed by atoms with E-state index in [1.165, 1.54) is 23.1 Å². The lowest BCUT2D eigenvalue weighted by Gasteiger charge is -2.14. The van der Waals surface area contributed by atoms with E-state index in [0.29, 0.717) is 18.1 Å².